The third kappa shape index (κ3) is 3.99. The number of Topliss-reactive ketones (excluding diaryl/α,β-unsaturated/α-hetero) is 1. The number of hydrogen-bond donors (Lipinski definition) is 0. The second-order valence-electron chi connectivity index (χ2n) is 8.57. The third-order valence-corrected chi connectivity index (χ3v) is 6.75. The number of rotatable bonds is 5. The molecule has 1 aromatic heterocycles. The van der Waals surface area contributed by atoms with Crippen LogP contribution in [0, 0.1) is 13.8 Å². The molecule has 1 aromatic carbocycles. The fourth-order valence-electron chi connectivity index (χ4n) is 5.10. The largest absolute Gasteiger partial charge is 0.497 e. The van der Waals surface area contributed by atoms with E-state index in [0.717, 1.165) is 36.4 Å². The van der Waals surface area contributed by atoms with Crippen LogP contribution in [0.3, 0.4) is 0 Å². The molecule has 2 aliphatic heterocycles. The number of fused-ring (bicyclic) bond motifs is 2. The highest BCUT2D eigenvalue weighted by atomic mass is 16.5. The number of likely N-dealkylation sites (tertiary alicyclic amines) is 1. The van der Waals surface area contributed by atoms with Crippen LogP contribution in [-0.4, -0.2) is 53.2 Å². The first-order chi connectivity index (χ1) is 14.8. The van der Waals surface area contributed by atoms with E-state index in [2.05, 4.69) is 17.2 Å². The monoisotopic (exact) mass is 425 g/mol. The van der Waals surface area contributed by atoms with Gasteiger partial charge >= 0.3 is 0 Å². The lowest BCUT2D eigenvalue weighted by atomic mass is 9.79. The summed E-state index contributed by atoms with van der Waals surface area (Å²) in [6, 6.07) is 6.23. The zero-order valence-corrected chi connectivity index (χ0v) is 18.9. The first-order valence-corrected chi connectivity index (χ1v) is 11.0. The second kappa shape index (κ2) is 8.46. The van der Waals surface area contributed by atoms with Crippen molar-refractivity contribution in [3.8, 4) is 5.75 Å². The number of hydrogen-bond acceptors (Lipinski definition) is 5. The van der Waals surface area contributed by atoms with E-state index in [1.54, 1.807) is 18.7 Å². The van der Waals surface area contributed by atoms with Gasteiger partial charge in [0.1, 0.15) is 5.75 Å². The third-order valence-electron chi connectivity index (χ3n) is 6.75. The minimum absolute atomic E-state index is 0.0132. The van der Waals surface area contributed by atoms with Crippen LogP contribution < -0.4 is 4.74 Å². The van der Waals surface area contributed by atoms with E-state index < -0.39 is 0 Å². The standard InChI is InChI=1S/C24H31N3O4/c1-16-23(18(3)28)17(2)27(25-16)11-7-22(29)26-12-9-24(10-13-26)21-6-5-20(30-4)15-19(21)8-14-31-24/h5-6,15H,7-14H2,1-4H3. The van der Waals surface area contributed by atoms with Gasteiger partial charge in [-0.05, 0) is 63.3 Å². The Morgan fingerprint density at radius 1 is 1.23 bits per heavy atom. The molecule has 0 aliphatic carbocycles. The Kier molecular flexibility index (Phi) is 5.88. The average Bonchev–Trinajstić information content (AvgIpc) is 3.05. The fraction of sp³-hybridized carbons (Fsp3) is 0.542. The van der Waals surface area contributed by atoms with Crippen LogP contribution in [0.15, 0.2) is 18.2 Å². The fourth-order valence-corrected chi connectivity index (χ4v) is 5.10. The van der Waals surface area contributed by atoms with Gasteiger partial charge in [0.25, 0.3) is 0 Å². The number of nitrogens with zero attached hydrogens (tertiary/aromatic N) is 3. The lowest BCUT2D eigenvalue weighted by Crippen LogP contribution is -2.48. The van der Waals surface area contributed by atoms with Gasteiger partial charge < -0.3 is 14.4 Å². The SMILES string of the molecule is COc1ccc2c(c1)CCOC21CCN(C(=O)CCn2nc(C)c(C(C)=O)c2C)CC1. The molecule has 7 nitrogen and oxygen atoms in total. The minimum atomic E-state index is -0.303. The van der Waals surface area contributed by atoms with Crippen LogP contribution >= 0.6 is 0 Å². The maximum Gasteiger partial charge on any atom is 0.224 e. The minimum Gasteiger partial charge on any atom is -0.497 e. The topological polar surface area (TPSA) is 73.7 Å². The summed E-state index contributed by atoms with van der Waals surface area (Å²) in [6.45, 7) is 7.82. The molecule has 166 valence electrons. The molecular weight excluding hydrogens is 394 g/mol. The van der Waals surface area contributed by atoms with Crippen LogP contribution in [0.2, 0.25) is 0 Å². The summed E-state index contributed by atoms with van der Waals surface area (Å²) in [4.78, 5) is 26.6. The van der Waals surface area contributed by atoms with Gasteiger partial charge in [0.2, 0.25) is 5.91 Å². The molecule has 0 unspecified atom stereocenters. The zero-order valence-electron chi connectivity index (χ0n) is 18.9. The van der Waals surface area contributed by atoms with Gasteiger partial charge in [-0.3, -0.25) is 14.3 Å². The highest BCUT2D eigenvalue weighted by Crippen LogP contribution is 2.42. The first kappa shape index (κ1) is 21.6. The Morgan fingerprint density at radius 2 is 1.97 bits per heavy atom. The van der Waals surface area contributed by atoms with Gasteiger partial charge in [0.15, 0.2) is 5.78 Å². The van der Waals surface area contributed by atoms with Crippen molar-refractivity contribution in [3.63, 3.8) is 0 Å². The van der Waals surface area contributed by atoms with E-state index in [0.29, 0.717) is 38.2 Å². The van der Waals surface area contributed by atoms with Crippen molar-refractivity contribution in [2.24, 2.45) is 0 Å². The van der Waals surface area contributed by atoms with E-state index >= 15 is 0 Å². The number of aryl methyl sites for hydroxylation is 2. The first-order valence-electron chi connectivity index (χ1n) is 11.0. The van der Waals surface area contributed by atoms with Crippen LogP contribution in [0.5, 0.6) is 5.75 Å². The lowest BCUT2D eigenvalue weighted by molar-refractivity contribution is -0.141. The quantitative estimate of drug-likeness (QED) is 0.688. The number of piperidine rings is 1. The van der Waals surface area contributed by atoms with Crippen molar-refractivity contribution in [3.05, 3.63) is 46.3 Å². The van der Waals surface area contributed by atoms with Gasteiger partial charge in [-0.25, -0.2) is 0 Å². The molecule has 3 heterocycles. The Bertz CT molecular complexity index is 1000. The predicted molar refractivity (Wildman–Crippen MR) is 116 cm³/mol. The van der Waals surface area contributed by atoms with Gasteiger partial charge in [-0.15, -0.1) is 0 Å². The normalized spacial score (nSPS) is 17.5. The van der Waals surface area contributed by atoms with Crippen molar-refractivity contribution in [2.45, 2.75) is 58.6 Å². The zero-order chi connectivity index (χ0) is 22.2. The summed E-state index contributed by atoms with van der Waals surface area (Å²) in [5, 5.41) is 4.45. The highest BCUT2D eigenvalue weighted by Gasteiger charge is 2.41. The van der Waals surface area contributed by atoms with Crippen LogP contribution in [-0.2, 0) is 28.1 Å². The molecule has 2 aromatic rings. The Balaban J connectivity index is 1.39. The number of carbonyl (C=O) groups excluding carboxylic acids is 2. The van der Waals surface area contributed by atoms with Gasteiger partial charge in [0, 0.05) is 31.7 Å². The molecule has 2 aliphatic rings. The second-order valence-corrected chi connectivity index (χ2v) is 8.57. The van der Waals surface area contributed by atoms with Crippen molar-refractivity contribution in [2.75, 3.05) is 26.8 Å². The van der Waals surface area contributed by atoms with Gasteiger partial charge in [0.05, 0.1) is 30.6 Å². The molecule has 1 amide bonds. The van der Waals surface area contributed by atoms with Crippen LogP contribution in [0.25, 0.3) is 0 Å². The number of aromatic nitrogens is 2. The van der Waals surface area contributed by atoms with E-state index in [-0.39, 0.29) is 17.3 Å². The summed E-state index contributed by atoms with van der Waals surface area (Å²) in [5.74, 6) is 1.01. The maximum atomic E-state index is 12.9. The number of carbonyl (C=O) groups is 2. The Hall–Kier alpha value is -2.67. The van der Waals surface area contributed by atoms with Crippen LogP contribution in [0.1, 0.15) is 59.1 Å². The summed E-state index contributed by atoms with van der Waals surface area (Å²) in [6.07, 6.45) is 2.86. The molecule has 1 spiro atoms. The molecule has 0 atom stereocenters. The number of benzene rings is 1. The summed E-state index contributed by atoms with van der Waals surface area (Å²) in [7, 11) is 1.69. The smallest absolute Gasteiger partial charge is 0.224 e. The highest BCUT2D eigenvalue weighted by molar-refractivity contribution is 5.96. The molecule has 1 fully saturated rings. The van der Waals surface area contributed by atoms with E-state index in [1.807, 2.05) is 24.8 Å². The summed E-state index contributed by atoms with van der Waals surface area (Å²) >= 11 is 0. The van der Waals surface area contributed by atoms with E-state index in [1.165, 1.54) is 11.1 Å². The lowest BCUT2D eigenvalue weighted by Gasteiger charge is -2.45. The van der Waals surface area contributed by atoms with Gasteiger partial charge in [-0.2, -0.15) is 5.10 Å². The maximum absolute atomic E-state index is 12.9. The van der Waals surface area contributed by atoms with Crippen LogP contribution in [0.4, 0.5) is 0 Å². The van der Waals surface area contributed by atoms with Gasteiger partial charge in [-0.1, -0.05) is 6.07 Å². The van der Waals surface area contributed by atoms with Crippen molar-refractivity contribution in [1.29, 1.82) is 0 Å². The predicted octanol–water partition coefficient (Wildman–Crippen LogP) is 3.19. The average molecular weight is 426 g/mol. The summed E-state index contributed by atoms with van der Waals surface area (Å²) < 4.78 is 13.5. The van der Waals surface area contributed by atoms with E-state index in [4.69, 9.17) is 9.47 Å². The van der Waals surface area contributed by atoms with E-state index in [9.17, 15) is 9.59 Å². The molecule has 4 rings (SSSR count). The molecule has 7 heteroatoms. The molecule has 31 heavy (non-hydrogen) atoms. The number of amides is 1. The number of methoxy groups -OCH3 is 1. The van der Waals surface area contributed by atoms with Crippen molar-refractivity contribution >= 4 is 11.7 Å². The number of ketones is 1. The summed E-state index contributed by atoms with van der Waals surface area (Å²) in [5.41, 5.74) is 4.45. The Labute approximate surface area is 183 Å². The molecular formula is C24H31N3O4. The Morgan fingerprint density at radius 3 is 2.61 bits per heavy atom. The number of ether oxygens (including phenoxy) is 2. The molecule has 0 bridgehead atoms. The molecule has 0 saturated carbocycles. The molecule has 1 saturated heterocycles. The molecule has 0 N–H and O–H groups in total. The van der Waals surface area contributed by atoms with Crippen molar-refractivity contribution < 1.29 is 19.1 Å². The molecule has 0 radical (unpaired) electrons. The van der Waals surface area contributed by atoms with Crippen molar-refractivity contribution in [1.82, 2.24) is 14.7 Å².